The molecule has 106 valence electrons. The van der Waals surface area contributed by atoms with Gasteiger partial charge in [-0.1, -0.05) is 23.7 Å². The van der Waals surface area contributed by atoms with Crippen molar-refractivity contribution in [2.75, 3.05) is 0 Å². The fourth-order valence-electron chi connectivity index (χ4n) is 2.49. The predicted molar refractivity (Wildman–Crippen MR) is 85.0 cm³/mol. The highest BCUT2D eigenvalue weighted by Crippen LogP contribution is 2.44. The number of fused-ring (bicyclic) bond motifs is 1. The van der Waals surface area contributed by atoms with Gasteiger partial charge in [-0.15, -0.1) is 11.3 Å². The molecule has 0 saturated heterocycles. The molecule has 3 aromatic rings. The van der Waals surface area contributed by atoms with Gasteiger partial charge >= 0.3 is 5.69 Å². The molecule has 0 aliphatic heterocycles. The first-order valence-corrected chi connectivity index (χ1v) is 7.88. The van der Waals surface area contributed by atoms with E-state index in [4.69, 9.17) is 11.6 Å². The van der Waals surface area contributed by atoms with Crippen molar-refractivity contribution in [1.29, 1.82) is 0 Å². The Bertz CT molecular complexity index is 966. The first-order valence-electron chi connectivity index (χ1n) is 6.69. The number of benzene rings is 1. The van der Waals surface area contributed by atoms with E-state index in [2.05, 4.69) is 4.98 Å². The molecule has 2 aromatic heterocycles. The average Bonchev–Trinajstić information content (AvgIpc) is 3.20. The highest BCUT2D eigenvalue weighted by Gasteiger charge is 2.27. The first-order chi connectivity index (χ1) is 10.1. The summed E-state index contributed by atoms with van der Waals surface area (Å²) in [6, 6.07) is 9.09. The van der Waals surface area contributed by atoms with E-state index in [1.165, 1.54) is 20.8 Å². The Kier molecular flexibility index (Phi) is 2.80. The third-order valence-corrected chi connectivity index (χ3v) is 5.28. The molecule has 1 fully saturated rings. The van der Waals surface area contributed by atoms with E-state index in [1.54, 1.807) is 12.1 Å². The molecule has 1 saturated carbocycles. The molecule has 2 heterocycles. The summed E-state index contributed by atoms with van der Waals surface area (Å²) in [7, 11) is 0. The third kappa shape index (κ3) is 2.04. The lowest BCUT2D eigenvalue weighted by Gasteiger charge is -2.08. The Morgan fingerprint density at radius 2 is 2.00 bits per heavy atom. The molecule has 0 spiro atoms. The number of nitrogens with zero attached hydrogens (tertiary/aromatic N) is 1. The second-order valence-electron chi connectivity index (χ2n) is 5.18. The fraction of sp³-hybridized carbons (Fsp3) is 0.200. The number of aromatic amines is 1. The van der Waals surface area contributed by atoms with Crippen LogP contribution < -0.4 is 11.2 Å². The summed E-state index contributed by atoms with van der Waals surface area (Å²) in [4.78, 5) is 27.8. The number of hydrogen-bond acceptors (Lipinski definition) is 3. The fourth-order valence-corrected chi connectivity index (χ4v) is 3.92. The van der Waals surface area contributed by atoms with Crippen LogP contribution in [-0.2, 0) is 0 Å². The molecule has 0 atom stereocenters. The molecule has 4 rings (SSSR count). The molecule has 1 N–H and O–H groups in total. The SMILES string of the molecule is O=c1[nH]c(=O)n(-c2ccccc2Cl)c2cc(C3CC3)sc12. The van der Waals surface area contributed by atoms with E-state index in [9.17, 15) is 9.59 Å². The number of aromatic nitrogens is 2. The summed E-state index contributed by atoms with van der Waals surface area (Å²) < 4.78 is 2.07. The Balaban J connectivity index is 2.10. The molecule has 4 nitrogen and oxygen atoms in total. The van der Waals surface area contributed by atoms with Gasteiger partial charge in [0.1, 0.15) is 4.70 Å². The van der Waals surface area contributed by atoms with Crippen LogP contribution in [0.4, 0.5) is 0 Å². The number of thiophene rings is 1. The predicted octanol–water partition coefficient (Wildman–Crippen LogP) is 3.27. The summed E-state index contributed by atoms with van der Waals surface area (Å²) >= 11 is 7.68. The summed E-state index contributed by atoms with van der Waals surface area (Å²) in [6.45, 7) is 0. The van der Waals surface area contributed by atoms with Gasteiger partial charge in [0.05, 0.1) is 16.2 Å². The zero-order chi connectivity index (χ0) is 14.6. The van der Waals surface area contributed by atoms with Crippen molar-refractivity contribution < 1.29 is 0 Å². The summed E-state index contributed by atoms with van der Waals surface area (Å²) in [5.41, 5.74) is 0.449. The number of hydrogen-bond donors (Lipinski definition) is 1. The molecule has 0 unspecified atom stereocenters. The van der Waals surface area contributed by atoms with E-state index in [-0.39, 0.29) is 5.56 Å². The van der Waals surface area contributed by atoms with Gasteiger partial charge in [-0.3, -0.25) is 14.3 Å². The van der Waals surface area contributed by atoms with E-state index in [0.717, 1.165) is 12.8 Å². The summed E-state index contributed by atoms with van der Waals surface area (Å²) in [6.07, 6.45) is 2.31. The highest BCUT2D eigenvalue weighted by molar-refractivity contribution is 7.19. The molecule has 21 heavy (non-hydrogen) atoms. The van der Waals surface area contributed by atoms with Crippen LogP contribution >= 0.6 is 22.9 Å². The van der Waals surface area contributed by atoms with Crippen LogP contribution in [0.2, 0.25) is 5.02 Å². The molecule has 0 amide bonds. The molecule has 1 aliphatic carbocycles. The largest absolute Gasteiger partial charge is 0.333 e. The van der Waals surface area contributed by atoms with Crippen LogP contribution in [0.1, 0.15) is 23.6 Å². The first kappa shape index (κ1) is 12.9. The van der Waals surface area contributed by atoms with Crippen molar-refractivity contribution in [3.63, 3.8) is 0 Å². The molecular formula is C15H11ClN2O2S. The number of halogens is 1. The van der Waals surface area contributed by atoms with Crippen molar-refractivity contribution in [3.8, 4) is 5.69 Å². The van der Waals surface area contributed by atoms with Crippen LogP contribution in [0, 0.1) is 0 Å². The Morgan fingerprint density at radius 1 is 1.24 bits per heavy atom. The summed E-state index contributed by atoms with van der Waals surface area (Å²) in [5.74, 6) is 0.539. The van der Waals surface area contributed by atoms with Gasteiger partial charge in [-0.2, -0.15) is 0 Å². The van der Waals surface area contributed by atoms with E-state index < -0.39 is 5.69 Å². The molecule has 6 heteroatoms. The van der Waals surface area contributed by atoms with Crippen LogP contribution in [0.5, 0.6) is 0 Å². The molecular weight excluding hydrogens is 308 g/mol. The van der Waals surface area contributed by atoms with Crippen molar-refractivity contribution in [1.82, 2.24) is 9.55 Å². The standard InChI is InChI=1S/C15H11ClN2O2S/c16-9-3-1-2-4-10(9)18-11-7-12(8-5-6-8)21-13(11)14(19)17-15(18)20/h1-4,7-8H,5-6H2,(H,17,19,20). The van der Waals surface area contributed by atoms with Crippen LogP contribution in [0.15, 0.2) is 39.9 Å². The number of rotatable bonds is 2. The third-order valence-electron chi connectivity index (χ3n) is 3.68. The maximum absolute atomic E-state index is 12.3. The molecule has 0 bridgehead atoms. The Hall–Kier alpha value is -1.85. The van der Waals surface area contributed by atoms with Crippen molar-refractivity contribution in [3.05, 3.63) is 61.1 Å². The second kappa shape index (κ2) is 4.58. The van der Waals surface area contributed by atoms with Crippen molar-refractivity contribution >= 4 is 33.2 Å². The van der Waals surface area contributed by atoms with Crippen LogP contribution in [0.3, 0.4) is 0 Å². The number of nitrogens with one attached hydrogen (secondary N) is 1. The lowest BCUT2D eigenvalue weighted by atomic mass is 10.3. The van der Waals surface area contributed by atoms with Gasteiger partial charge < -0.3 is 0 Å². The second-order valence-corrected chi connectivity index (χ2v) is 6.67. The lowest BCUT2D eigenvalue weighted by Crippen LogP contribution is -2.28. The zero-order valence-corrected chi connectivity index (χ0v) is 12.5. The Morgan fingerprint density at radius 3 is 2.71 bits per heavy atom. The summed E-state index contributed by atoms with van der Waals surface area (Å²) in [5, 5.41) is 0.479. The smallest absolute Gasteiger partial charge is 0.272 e. The quantitative estimate of drug-likeness (QED) is 0.788. The molecule has 1 aromatic carbocycles. The maximum Gasteiger partial charge on any atom is 0.333 e. The van der Waals surface area contributed by atoms with Gasteiger partial charge in [-0.25, -0.2) is 4.79 Å². The van der Waals surface area contributed by atoms with E-state index >= 15 is 0 Å². The lowest BCUT2D eigenvalue weighted by molar-refractivity contribution is 0.946. The van der Waals surface area contributed by atoms with E-state index in [0.29, 0.717) is 26.8 Å². The minimum absolute atomic E-state index is 0.324. The number of H-pyrrole nitrogens is 1. The molecule has 1 aliphatic rings. The monoisotopic (exact) mass is 318 g/mol. The van der Waals surface area contributed by atoms with Gasteiger partial charge in [0, 0.05) is 4.88 Å². The normalized spacial score (nSPS) is 14.7. The van der Waals surface area contributed by atoms with Crippen molar-refractivity contribution in [2.45, 2.75) is 18.8 Å². The Labute approximate surface area is 128 Å². The van der Waals surface area contributed by atoms with Gasteiger partial charge in [0.15, 0.2) is 0 Å². The highest BCUT2D eigenvalue weighted by atomic mass is 35.5. The van der Waals surface area contributed by atoms with Crippen LogP contribution in [-0.4, -0.2) is 9.55 Å². The van der Waals surface area contributed by atoms with Gasteiger partial charge in [0.2, 0.25) is 0 Å². The van der Waals surface area contributed by atoms with Gasteiger partial charge in [0.25, 0.3) is 5.56 Å². The van der Waals surface area contributed by atoms with Crippen molar-refractivity contribution in [2.24, 2.45) is 0 Å². The number of para-hydroxylation sites is 1. The maximum atomic E-state index is 12.3. The minimum Gasteiger partial charge on any atom is -0.272 e. The topological polar surface area (TPSA) is 54.9 Å². The minimum atomic E-state index is -0.458. The van der Waals surface area contributed by atoms with Crippen LogP contribution in [0.25, 0.3) is 15.9 Å². The van der Waals surface area contributed by atoms with E-state index in [1.807, 2.05) is 18.2 Å². The average molecular weight is 319 g/mol. The molecule has 0 radical (unpaired) electrons. The zero-order valence-electron chi connectivity index (χ0n) is 10.9. The van der Waals surface area contributed by atoms with Gasteiger partial charge in [-0.05, 0) is 37.0 Å².